The molecule has 4 heteroatoms. The van der Waals surface area contributed by atoms with Gasteiger partial charge < -0.3 is 14.8 Å². The summed E-state index contributed by atoms with van der Waals surface area (Å²) in [4.78, 5) is 11.5. The quantitative estimate of drug-likeness (QED) is 0.707. The lowest BCUT2D eigenvalue weighted by molar-refractivity contribution is -0.149. The molecule has 0 bridgehead atoms. The molecule has 84 valence electrons. The number of ether oxygens (including phenoxy) is 2. The largest absolute Gasteiger partial charge is 0.495 e. The van der Waals surface area contributed by atoms with Crippen molar-refractivity contribution in [1.82, 2.24) is 5.32 Å². The number of hydrogen-bond acceptors (Lipinski definition) is 4. The predicted molar refractivity (Wildman–Crippen MR) is 55.2 cm³/mol. The van der Waals surface area contributed by atoms with Crippen molar-refractivity contribution in [1.29, 1.82) is 0 Å². The summed E-state index contributed by atoms with van der Waals surface area (Å²) >= 11 is 0. The molecule has 0 aromatic heterocycles. The van der Waals surface area contributed by atoms with Crippen LogP contribution in [0.5, 0.6) is 0 Å². The van der Waals surface area contributed by atoms with Gasteiger partial charge in [0.1, 0.15) is 18.8 Å². The van der Waals surface area contributed by atoms with E-state index in [-0.39, 0.29) is 18.1 Å². The normalized spacial score (nSPS) is 29.9. The third-order valence-corrected chi connectivity index (χ3v) is 2.78. The summed E-state index contributed by atoms with van der Waals surface area (Å²) in [7, 11) is 0. The average molecular weight is 211 g/mol. The van der Waals surface area contributed by atoms with E-state index in [0.29, 0.717) is 6.61 Å². The first kappa shape index (κ1) is 10.5. The van der Waals surface area contributed by atoms with E-state index >= 15 is 0 Å². The summed E-state index contributed by atoms with van der Waals surface area (Å²) in [6.45, 7) is 1.30. The Hall–Kier alpha value is -1.03. The van der Waals surface area contributed by atoms with Crippen LogP contribution in [0, 0.1) is 0 Å². The predicted octanol–water partition coefficient (Wildman–Crippen LogP) is 0.974. The SMILES string of the molecule is O=C(OCC1CCC=CO1)C1CCCN1. The maximum absolute atomic E-state index is 11.5. The smallest absolute Gasteiger partial charge is 0.323 e. The molecule has 1 saturated heterocycles. The van der Waals surface area contributed by atoms with E-state index in [2.05, 4.69) is 5.32 Å². The Kier molecular flexibility index (Phi) is 3.61. The zero-order valence-corrected chi connectivity index (χ0v) is 8.78. The molecule has 1 N–H and O–H groups in total. The molecule has 2 aliphatic heterocycles. The number of hydrogen-bond donors (Lipinski definition) is 1. The molecule has 15 heavy (non-hydrogen) atoms. The van der Waals surface area contributed by atoms with Crippen LogP contribution in [0.2, 0.25) is 0 Å². The van der Waals surface area contributed by atoms with E-state index in [9.17, 15) is 4.79 Å². The van der Waals surface area contributed by atoms with Gasteiger partial charge in [-0.15, -0.1) is 0 Å². The Morgan fingerprint density at radius 3 is 3.13 bits per heavy atom. The Morgan fingerprint density at radius 1 is 1.53 bits per heavy atom. The first-order valence-corrected chi connectivity index (χ1v) is 5.57. The van der Waals surface area contributed by atoms with Crippen LogP contribution in [0.15, 0.2) is 12.3 Å². The number of carbonyl (C=O) groups excluding carboxylic acids is 1. The van der Waals surface area contributed by atoms with E-state index in [4.69, 9.17) is 9.47 Å². The highest BCUT2D eigenvalue weighted by Crippen LogP contribution is 2.12. The number of nitrogens with one attached hydrogen (secondary N) is 1. The molecule has 2 atom stereocenters. The highest BCUT2D eigenvalue weighted by molar-refractivity contribution is 5.76. The molecule has 2 unspecified atom stereocenters. The van der Waals surface area contributed by atoms with Crippen molar-refractivity contribution in [3.8, 4) is 0 Å². The molecular weight excluding hydrogens is 194 g/mol. The Bertz CT molecular complexity index is 246. The number of carbonyl (C=O) groups is 1. The molecule has 0 amide bonds. The Morgan fingerprint density at radius 2 is 2.47 bits per heavy atom. The van der Waals surface area contributed by atoms with E-state index in [1.807, 2.05) is 6.08 Å². The fourth-order valence-corrected chi connectivity index (χ4v) is 1.87. The minimum atomic E-state index is -0.134. The van der Waals surface area contributed by atoms with Crippen LogP contribution in [0.3, 0.4) is 0 Å². The topological polar surface area (TPSA) is 47.6 Å². The minimum absolute atomic E-state index is 0.0420. The van der Waals surface area contributed by atoms with Gasteiger partial charge in [0.05, 0.1) is 6.26 Å². The van der Waals surface area contributed by atoms with Crippen LogP contribution in [0.25, 0.3) is 0 Å². The third-order valence-electron chi connectivity index (χ3n) is 2.78. The summed E-state index contributed by atoms with van der Waals surface area (Å²) < 4.78 is 10.5. The molecule has 2 aliphatic rings. The molecule has 0 aromatic rings. The fourth-order valence-electron chi connectivity index (χ4n) is 1.87. The third kappa shape index (κ3) is 2.96. The summed E-state index contributed by atoms with van der Waals surface area (Å²) in [5.41, 5.74) is 0. The Balaban J connectivity index is 1.68. The number of rotatable bonds is 3. The highest BCUT2D eigenvalue weighted by Gasteiger charge is 2.24. The van der Waals surface area contributed by atoms with Gasteiger partial charge in [0.15, 0.2) is 0 Å². The summed E-state index contributed by atoms with van der Waals surface area (Å²) in [5, 5.41) is 3.11. The van der Waals surface area contributed by atoms with Crippen LogP contribution < -0.4 is 5.32 Å². The van der Waals surface area contributed by atoms with Crippen molar-refractivity contribution >= 4 is 5.97 Å². The molecule has 0 radical (unpaired) electrons. The van der Waals surface area contributed by atoms with Crippen LogP contribution in [0.4, 0.5) is 0 Å². The highest BCUT2D eigenvalue weighted by atomic mass is 16.6. The van der Waals surface area contributed by atoms with E-state index in [1.54, 1.807) is 6.26 Å². The van der Waals surface area contributed by atoms with Crippen LogP contribution >= 0.6 is 0 Å². The Labute approximate surface area is 89.6 Å². The standard InChI is InChI=1S/C11H17NO3/c13-11(10-5-3-6-12-10)15-8-9-4-1-2-7-14-9/h2,7,9-10,12H,1,3-6,8H2. The van der Waals surface area contributed by atoms with Crippen molar-refractivity contribution in [3.05, 3.63) is 12.3 Å². The van der Waals surface area contributed by atoms with Crippen molar-refractivity contribution in [3.63, 3.8) is 0 Å². The van der Waals surface area contributed by atoms with Gasteiger partial charge in [0, 0.05) is 0 Å². The van der Waals surface area contributed by atoms with Crippen molar-refractivity contribution in [2.24, 2.45) is 0 Å². The zero-order valence-electron chi connectivity index (χ0n) is 8.78. The summed E-state index contributed by atoms with van der Waals surface area (Å²) in [6, 6.07) is -0.0934. The number of esters is 1. The molecule has 2 heterocycles. The fraction of sp³-hybridized carbons (Fsp3) is 0.727. The second-order valence-corrected chi connectivity index (χ2v) is 3.99. The van der Waals surface area contributed by atoms with Crippen molar-refractivity contribution < 1.29 is 14.3 Å². The molecule has 0 saturated carbocycles. The average Bonchev–Trinajstić information content (AvgIpc) is 2.81. The number of allylic oxidation sites excluding steroid dienone is 1. The maximum Gasteiger partial charge on any atom is 0.323 e. The van der Waals surface area contributed by atoms with E-state index in [0.717, 1.165) is 32.2 Å². The van der Waals surface area contributed by atoms with Gasteiger partial charge in [-0.1, -0.05) is 0 Å². The van der Waals surface area contributed by atoms with Crippen molar-refractivity contribution in [2.75, 3.05) is 13.2 Å². The van der Waals surface area contributed by atoms with Crippen LogP contribution in [-0.2, 0) is 14.3 Å². The van der Waals surface area contributed by atoms with E-state index in [1.165, 1.54) is 0 Å². The minimum Gasteiger partial charge on any atom is -0.495 e. The second kappa shape index (κ2) is 5.16. The van der Waals surface area contributed by atoms with Gasteiger partial charge in [-0.2, -0.15) is 0 Å². The first-order valence-electron chi connectivity index (χ1n) is 5.57. The molecule has 1 fully saturated rings. The summed E-state index contributed by atoms with van der Waals surface area (Å²) in [6.07, 6.45) is 7.60. The zero-order chi connectivity index (χ0) is 10.5. The molecule has 0 aliphatic carbocycles. The van der Waals surface area contributed by atoms with Gasteiger partial charge in [-0.05, 0) is 38.3 Å². The lowest BCUT2D eigenvalue weighted by Gasteiger charge is -2.20. The first-order chi connectivity index (χ1) is 7.36. The maximum atomic E-state index is 11.5. The molecular formula is C11H17NO3. The van der Waals surface area contributed by atoms with Gasteiger partial charge in [0.25, 0.3) is 0 Å². The molecule has 0 spiro atoms. The van der Waals surface area contributed by atoms with Crippen LogP contribution in [0.1, 0.15) is 25.7 Å². The van der Waals surface area contributed by atoms with Gasteiger partial charge in [-0.3, -0.25) is 4.79 Å². The van der Waals surface area contributed by atoms with Gasteiger partial charge in [-0.25, -0.2) is 0 Å². The van der Waals surface area contributed by atoms with Crippen LogP contribution in [-0.4, -0.2) is 31.3 Å². The van der Waals surface area contributed by atoms with Crippen molar-refractivity contribution in [2.45, 2.75) is 37.8 Å². The molecule has 2 rings (SSSR count). The lowest BCUT2D eigenvalue weighted by atomic mass is 10.2. The molecule has 4 nitrogen and oxygen atoms in total. The lowest BCUT2D eigenvalue weighted by Crippen LogP contribution is -2.34. The van der Waals surface area contributed by atoms with E-state index < -0.39 is 0 Å². The second-order valence-electron chi connectivity index (χ2n) is 3.99. The summed E-state index contributed by atoms with van der Waals surface area (Å²) in [5.74, 6) is -0.134. The van der Waals surface area contributed by atoms with Gasteiger partial charge in [0.2, 0.25) is 0 Å². The van der Waals surface area contributed by atoms with Gasteiger partial charge >= 0.3 is 5.97 Å². The molecule has 0 aromatic carbocycles. The monoisotopic (exact) mass is 211 g/mol.